The lowest BCUT2D eigenvalue weighted by Crippen LogP contribution is -2.66. The number of hydrogen-bond acceptors (Lipinski definition) is 2. The fourth-order valence-electron chi connectivity index (χ4n) is 4.83. The Morgan fingerprint density at radius 1 is 1.20 bits per heavy atom. The van der Waals surface area contributed by atoms with Crippen molar-refractivity contribution >= 4 is 0 Å². The van der Waals surface area contributed by atoms with E-state index in [2.05, 4.69) is 31.0 Å². The molecule has 0 radical (unpaired) electrons. The van der Waals surface area contributed by atoms with E-state index in [-0.39, 0.29) is 0 Å². The lowest BCUT2D eigenvalue weighted by Gasteiger charge is -2.51. The second-order valence-corrected chi connectivity index (χ2v) is 8.06. The maximum atomic E-state index is 3.98. The average Bonchev–Trinajstić information content (AvgIpc) is 3.19. The van der Waals surface area contributed by atoms with Gasteiger partial charge in [-0.05, 0) is 37.5 Å². The minimum absolute atomic E-state index is 0.475. The van der Waals surface area contributed by atoms with Gasteiger partial charge in [-0.25, -0.2) is 0 Å². The van der Waals surface area contributed by atoms with Gasteiger partial charge in [-0.3, -0.25) is 4.90 Å². The van der Waals surface area contributed by atoms with E-state index in [0.717, 1.165) is 23.9 Å². The molecule has 0 bridgehead atoms. The number of nitrogens with one attached hydrogen (secondary N) is 1. The molecule has 1 spiro atoms. The van der Waals surface area contributed by atoms with Crippen molar-refractivity contribution in [2.45, 2.75) is 89.8 Å². The van der Waals surface area contributed by atoms with E-state index in [0.29, 0.717) is 5.54 Å². The van der Waals surface area contributed by atoms with Crippen LogP contribution in [-0.4, -0.2) is 35.6 Å². The number of hydrogen-bond donors (Lipinski definition) is 1. The second-order valence-electron chi connectivity index (χ2n) is 8.06. The van der Waals surface area contributed by atoms with Crippen LogP contribution in [0.2, 0.25) is 0 Å². The topological polar surface area (TPSA) is 15.3 Å². The summed E-state index contributed by atoms with van der Waals surface area (Å²) in [5.74, 6) is 1.80. The molecule has 0 aromatic rings. The van der Waals surface area contributed by atoms with Crippen molar-refractivity contribution in [3.63, 3.8) is 0 Å². The standard InChI is InChI=1S/C18H34N2/c1-4-8-15-11-16(15)20-13-18(9-6-5-7-10-18)19-12-17(20)14(2)3/h14-17,19H,4-13H2,1-3H3. The Kier molecular flexibility index (Phi) is 4.42. The van der Waals surface area contributed by atoms with Crippen LogP contribution in [0.5, 0.6) is 0 Å². The highest BCUT2D eigenvalue weighted by Crippen LogP contribution is 2.44. The zero-order valence-corrected chi connectivity index (χ0v) is 13.8. The van der Waals surface area contributed by atoms with Gasteiger partial charge in [-0.15, -0.1) is 0 Å². The Morgan fingerprint density at radius 3 is 2.60 bits per heavy atom. The quantitative estimate of drug-likeness (QED) is 0.841. The van der Waals surface area contributed by atoms with E-state index in [9.17, 15) is 0 Å². The molecule has 2 heteroatoms. The van der Waals surface area contributed by atoms with Gasteiger partial charge < -0.3 is 5.32 Å². The summed E-state index contributed by atoms with van der Waals surface area (Å²) in [5.41, 5.74) is 0.475. The van der Waals surface area contributed by atoms with Crippen LogP contribution in [0.15, 0.2) is 0 Å². The summed E-state index contributed by atoms with van der Waals surface area (Å²) in [6.07, 6.45) is 11.5. The average molecular weight is 278 g/mol. The van der Waals surface area contributed by atoms with Gasteiger partial charge in [0.25, 0.3) is 0 Å². The first kappa shape index (κ1) is 14.8. The molecule has 1 N–H and O–H groups in total. The molecule has 1 heterocycles. The van der Waals surface area contributed by atoms with Gasteiger partial charge in [0.1, 0.15) is 0 Å². The van der Waals surface area contributed by atoms with Gasteiger partial charge in [0.2, 0.25) is 0 Å². The molecule has 20 heavy (non-hydrogen) atoms. The van der Waals surface area contributed by atoms with Gasteiger partial charge >= 0.3 is 0 Å². The molecule has 2 aliphatic carbocycles. The van der Waals surface area contributed by atoms with Crippen molar-refractivity contribution in [2.24, 2.45) is 11.8 Å². The highest BCUT2D eigenvalue weighted by molar-refractivity contribution is 5.06. The fourth-order valence-corrected chi connectivity index (χ4v) is 4.83. The zero-order valence-electron chi connectivity index (χ0n) is 13.8. The first-order chi connectivity index (χ1) is 9.65. The predicted molar refractivity (Wildman–Crippen MR) is 86.0 cm³/mol. The summed E-state index contributed by atoms with van der Waals surface area (Å²) in [7, 11) is 0. The summed E-state index contributed by atoms with van der Waals surface area (Å²) < 4.78 is 0. The van der Waals surface area contributed by atoms with Crippen molar-refractivity contribution < 1.29 is 0 Å². The molecular formula is C18H34N2. The summed E-state index contributed by atoms with van der Waals surface area (Å²) in [5, 5.41) is 3.98. The van der Waals surface area contributed by atoms with Gasteiger partial charge in [-0.1, -0.05) is 46.5 Å². The van der Waals surface area contributed by atoms with Crippen LogP contribution < -0.4 is 5.32 Å². The smallest absolute Gasteiger partial charge is 0.0309 e. The van der Waals surface area contributed by atoms with E-state index < -0.39 is 0 Å². The van der Waals surface area contributed by atoms with Crippen LogP contribution >= 0.6 is 0 Å². The van der Waals surface area contributed by atoms with Crippen LogP contribution in [0.3, 0.4) is 0 Å². The maximum absolute atomic E-state index is 3.98. The van der Waals surface area contributed by atoms with E-state index in [4.69, 9.17) is 0 Å². The van der Waals surface area contributed by atoms with E-state index in [1.165, 1.54) is 64.5 Å². The molecule has 2 nitrogen and oxygen atoms in total. The molecule has 1 saturated heterocycles. The highest BCUT2D eigenvalue weighted by Gasteiger charge is 2.49. The SMILES string of the molecule is CCCC1CC1N1CC2(CCCCC2)NCC1C(C)C. The molecule has 0 amide bonds. The molecule has 0 aromatic carbocycles. The third-order valence-electron chi connectivity index (χ3n) is 6.15. The van der Waals surface area contributed by atoms with Crippen molar-refractivity contribution in [2.75, 3.05) is 13.1 Å². The molecule has 3 atom stereocenters. The molecule has 3 aliphatic rings. The van der Waals surface area contributed by atoms with Gasteiger partial charge in [0, 0.05) is 30.7 Å². The van der Waals surface area contributed by atoms with Crippen molar-refractivity contribution in [1.29, 1.82) is 0 Å². The monoisotopic (exact) mass is 278 g/mol. The Balaban J connectivity index is 1.68. The van der Waals surface area contributed by atoms with Gasteiger partial charge in [0.15, 0.2) is 0 Å². The summed E-state index contributed by atoms with van der Waals surface area (Å²) in [6, 6.07) is 1.69. The normalized spacial score (nSPS) is 37.5. The summed E-state index contributed by atoms with van der Waals surface area (Å²) in [6.45, 7) is 9.73. The number of rotatable bonds is 4. The lowest BCUT2D eigenvalue weighted by atomic mass is 9.78. The van der Waals surface area contributed by atoms with Gasteiger partial charge in [0.05, 0.1) is 0 Å². The van der Waals surface area contributed by atoms with Crippen molar-refractivity contribution in [1.82, 2.24) is 10.2 Å². The highest BCUT2D eigenvalue weighted by atomic mass is 15.3. The van der Waals surface area contributed by atoms with E-state index in [1.54, 1.807) is 0 Å². The van der Waals surface area contributed by atoms with E-state index >= 15 is 0 Å². The molecule has 3 unspecified atom stereocenters. The fraction of sp³-hybridized carbons (Fsp3) is 1.00. The molecule has 3 rings (SSSR count). The molecular weight excluding hydrogens is 244 g/mol. The van der Waals surface area contributed by atoms with Crippen molar-refractivity contribution in [3.05, 3.63) is 0 Å². The van der Waals surface area contributed by atoms with Crippen LogP contribution in [0.1, 0.15) is 72.1 Å². The van der Waals surface area contributed by atoms with Gasteiger partial charge in [-0.2, -0.15) is 0 Å². The largest absolute Gasteiger partial charge is 0.308 e. The molecule has 3 fully saturated rings. The third kappa shape index (κ3) is 2.92. The van der Waals surface area contributed by atoms with Crippen LogP contribution in [0.4, 0.5) is 0 Å². The Labute approximate surface area is 125 Å². The lowest BCUT2D eigenvalue weighted by molar-refractivity contribution is 0.0268. The van der Waals surface area contributed by atoms with Crippen LogP contribution in [0, 0.1) is 11.8 Å². The Bertz CT molecular complexity index is 319. The van der Waals surface area contributed by atoms with E-state index in [1.807, 2.05) is 0 Å². The Morgan fingerprint density at radius 2 is 1.95 bits per heavy atom. The predicted octanol–water partition coefficient (Wildman–Crippen LogP) is 3.81. The first-order valence-corrected chi connectivity index (χ1v) is 9.16. The minimum Gasteiger partial charge on any atom is -0.308 e. The van der Waals surface area contributed by atoms with Crippen LogP contribution in [-0.2, 0) is 0 Å². The maximum Gasteiger partial charge on any atom is 0.0309 e. The number of nitrogens with zero attached hydrogens (tertiary/aromatic N) is 1. The molecule has 0 aromatic heterocycles. The Hall–Kier alpha value is -0.0800. The van der Waals surface area contributed by atoms with Crippen molar-refractivity contribution in [3.8, 4) is 0 Å². The first-order valence-electron chi connectivity index (χ1n) is 9.16. The molecule has 2 saturated carbocycles. The molecule has 1 aliphatic heterocycles. The zero-order chi connectivity index (χ0) is 14.2. The summed E-state index contributed by atoms with van der Waals surface area (Å²) in [4.78, 5) is 2.94. The molecule has 116 valence electrons. The summed E-state index contributed by atoms with van der Waals surface area (Å²) >= 11 is 0. The minimum atomic E-state index is 0.475. The third-order valence-corrected chi connectivity index (χ3v) is 6.15. The van der Waals surface area contributed by atoms with Crippen LogP contribution in [0.25, 0.3) is 0 Å². The number of piperazine rings is 1. The second kappa shape index (κ2) is 5.96.